The molecule has 67 heavy (non-hydrogen) atoms. The Morgan fingerprint density at radius 3 is 1.12 bits per heavy atom. The van der Waals surface area contributed by atoms with Gasteiger partial charge in [0.25, 0.3) is 0 Å². The van der Waals surface area contributed by atoms with Crippen LogP contribution in [0.3, 0.4) is 0 Å². The number of hydrogen-bond donors (Lipinski definition) is 0. The summed E-state index contributed by atoms with van der Waals surface area (Å²) >= 11 is 0. The van der Waals surface area contributed by atoms with E-state index in [9.17, 15) is 14.4 Å². The van der Waals surface area contributed by atoms with Gasteiger partial charge < -0.3 is 14.2 Å². The zero-order valence-corrected chi connectivity index (χ0v) is 43.1. The number of allylic oxidation sites excluding steroid dienone is 20. The molecule has 0 aromatic carbocycles. The van der Waals surface area contributed by atoms with Crippen molar-refractivity contribution in [2.45, 2.75) is 232 Å². The Balaban J connectivity index is 4.50. The number of unbranched alkanes of at least 4 members (excludes halogenated alkanes) is 21. The van der Waals surface area contributed by atoms with E-state index >= 15 is 0 Å². The predicted molar refractivity (Wildman–Crippen MR) is 288 cm³/mol. The Morgan fingerprint density at radius 1 is 0.328 bits per heavy atom. The maximum atomic E-state index is 12.8. The molecule has 0 bridgehead atoms. The van der Waals surface area contributed by atoms with Gasteiger partial charge in [0, 0.05) is 19.3 Å². The molecular formula is C61H98O6. The summed E-state index contributed by atoms with van der Waals surface area (Å²) in [5, 5.41) is 0. The predicted octanol–water partition coefficient (Wildman–Crippen LogP) is 18.1. The van der Waals surface area contributed by atoms with E-state index in [1.807, 2.05) is 60.8 Å². The van der Waals surface area contributed by atoms with Crippen LogP contribution < -0.4 is 0 Å². The van der Waals surface area contributed by atoms with Crippen molar-refractivity contribution in [3.05, 3.63) is 122 Å². The minimum Gasteiger partial charge on any atom is -0.462 e. The third kappa shape index (κ3) is 52.6. The lowest BCUT2D eigenvalue weighted by Crippen LogP contribution is -2.30. The smallest absolute Gasteiger partial charge is 0.306 e. The molecule has 0 saturated carbocycles. The fourth-order valence-corrected chi connectivity index (χ4v) is 7.07. The van der Waals surface area contributed by atoms with Crippen LogP contribution in [0.15, 0.2) is 122 Å². The van der Waals surface area contributed by atoms with Gasteiger partial charge in [0.1, 0.15) is 13.2 Å². The monoisotopic (exact) mass is 927 g/mol. The lowest BCUT2D eigenvalue weighted by Gasteiger charge is -2.18. The molecular weight excluding hydrogens is 829 g/mol. The third-order valence-electron chi connectivity index (χ3n) is 11.1. The van der Waals surface area contributed by atoms with Crippen molar-refractivity contribution in [1.82, 2.24) is 0 Å². The summed E-state index contributed by atoms with van der Waals surface area (Å²) in [6, 6.07) is 0. The molecule has 0 aliphatic heterocycles. The molecule has 0 spiro atoms. The second kappa shape index (κ2) is 54.4. The van der Waals surface area contributed by atoms with Crippen LogP contribution in [-0.4, -0.2) is 37.2 Å². The van der Waals surface area contributed by atoms with Crippen molar-refractivity contribution in [3.63, 3.8) is 0 Å². The van der Waals surface area contributed by atoms with Crippen LogP contribution in [0.25, 0.3) is 0 Å². The van der Waals surface area contributed by atoms with Gasteiger partial charge in [-0.25, -0.2) is 0 Å². The summed E-state index contributed by atoms with van der Waals surface area (Å²) < 4.78 is 16.8. The minimum atomic E-state index is -0.813. The van der Waals surface area contributed by atoms with Gasteiger partial charge >= 0.3 is 17.9 Å². The highest BCUT2D eigenvalue weighted by molar-refractivity contribution is 5.71. The van der Waals surface area contributed by atoms with Crippen LogP contribution in [0.5, 0.6) is 0 Å². The average Bonchev–Trinajstić information content (AvgIpc) is 3.33. The Hall–Kier alpha value is -4.19. The summed E-state index contributed by atoms with van der Waals surface area (Å²) in [6.45, 7) is 6.31. The lowest BCUT2D eigenvalue weighted by molar-refractivity contribution is -0.167. The van der Waals surface area contributed by atoms with Crippen molar-refractivity contribution < 1.29 is 28.6 Å². The molecule has 1 atom stereocenters. The van der Waals surface area contributed by atoms with Crippen LogP contribution in [0.1, 0.15) is 226 Å². The van der Waals surface area contributed by atoms with Crippen LogP contribution in [0, 0.1) is 0 Å². The van der Waals surface area contributed by atoms with Gasteiger partial charge in [-0.3, -0.25) is 14.4 Å². The zero-order valence-electron chi connectivity index (χ0n) is 43.1. The second-order valence-electron chi connectivity index (χ2n) is 17.5. The molecule has 0 aromatic heterocycles. The first kappa shape index (κ1) is 62.8. The highest BCUT2D eigenvalue weighted by atomic mass is 16.6. The highest BCUT2D eigenvalue weighted by Crippen LogP contribution is 2.14. The van der Waals surface area contributed by atoms with Crippen molar-refractivity contribution in [2.75, 3.05) is 13.2 Å². The molecule has 0 aliphatic rings. The first-order valence-electron chi connectivity index (χ1n) is 27.1. The van der Waals surface area contributed by atoms with Crippen LogP contribution >= 0.6 is 0 Å². The maximum Gasteiger partial charge on any atom is 0.306 e. The number of hydrogen-bond acceptors (Lipinski definition) is 6. The van der Waals surface area contributed by atoms with Crippen molar-refractivity contribution >= 4 is 17.9 Å². The Morgan fingerprint density at radius 2 is 0.657 bits per heavy atom. The quantitative estimate of drug-likeness (QED) is 0.0199. The molecule has 1 unspecified atom stereocenters. The van der Waals surface area contributed by atoms with E-state index in [0.29, 0.717) is 19.3 Å². The number of ether oxygens (including phenoxy) is 3. The molecule has 0 radical (unpaired) electrons. The van der Waals surface area contributed by atoms with Crippen LogP contribution in [0.4, 0.5) is 0 Å². The molecule has 378 valence electrons. The van der Waals surface area contributed by atoms with Crippen molar-refractivity contribution in [1.29, 1.82) is 0 Å². The number of carbonyl (C=O) groups is 3. The van der Waals surface area contributed by atoms with E-state index in [1.54, 1.807) is 0 Å². The van der Waals surface area contributed by atoms with Crippen molar-refractivity contribution in [3.8, 4) is 0 Å². The maximum absolute atomic E-state index is 12.8. The van der Waals surface area contributed by atoms with Crippen molar-refractivity contribution in [2.24, 2.45) is 0 Å². The normalized spacial score (nSPS) is 13.1. The van der Waals surface area contributed by atoms with Gasteiger partial charge in [-0.05, 0) is 96.3 Å². The second-order valence-corrected chi connectivity index (χ2v) is 17.5. The summed E-state index contributed by atoms with van der Waals surface area (Å²) in [7, 11) is 0. The van der Waals surface area contributed by atoms with Gasteiger partial charge in [-0.2, -0.15) is 0 Å². The standard InChI is InChI=1S/C61H98O6/c1-4-7-10-13-16-19-22-25-27-29-30-32-33-36-39-42-45-48-51-54-60(63)66-57-58(56-65-59(62)53-50-47-44-41-38-35-24-21-18-15-12-9-6-3)67-61(64)55-52-49-46-43-40-37-34-31-28-26-23-20-17-14-11-8-5-2/h7-8,10-11,14,16-17,19-20,23,25-28,31,34-35,37-38,40,58H,4-6,9,12-13,15,18,21-22,24,29-30,32-33,36,39,41-57H2,1-3H3/b10-7-,11-8-,17-14-,19-16-,23-20-,27-25-,28-26-,34-31+,38-35-,40-37-. The minimum absolute atomic E-state index is 0.107. The van der Waals surface area contributed by atoms with E-state index in [-0.39, 0.29) is 37.5 Å². The van der Waals surface area contributed by atoms with E-state index < -0.39 is 6.10 Å². The van der Waals surface area contributed by atoms with Crippen LogP contribution in [0.2, 0.25) is 0 Å². The highest BCUT2D eigenvalue weighted by Gasteiger charge is 2.19. The van der Waals surface area contributed by atoms with E-state index in [2.05, 4.69) is 81.5 Å². The number of esters is 3. The fraction of sp³-hybridized carbons (Fsp3) is 0.623. The summed E-state index contributed by atoms with van der Waals surface area (Å²) in [5.41, 5.74) is 0. The third-order valence-corrected chi connectivity index (χ3v) is 11.1. The Kier molecular flexibility index (Phi) is 51.0. The topological polar surface area (TPSA) is 78.9 Å². The zero-order chi connectivity index (χ0) is 48.6. The van der Waals surface area contributed by atoms with Gasteiger partial charge in [0.2, 0.25) is 0 Å². The Labute approximate surface area is 412 Å². The fourth-order valence-electron chi connectivity index (χ4n) is 7.07. The van der Waals surface area contributed by atoms with Gasteiger partial charge in [0.05, 0.1) is 0 Å². The Bertz CT molecular complexity index is 1440. The van der Waals surface area contributed by atoms with E-state index in [1.165, 1.54) is 77.0 Å². The molecule has 0 rings (SSSR count). The average molecular weight is 927 g/mol. The van der Waals surface area contributed by atoms with E-state index in [4.69, 9.17) is 14.2 Å². The summed E-state index contributed by atoms with van der Waals surface area (Å²) in [6.07, 6.45) is 74.7. The van der Waals surface area contributed by atoms with Gasteiger partial charge in [0.15, 0.2) is 6.10 Å². The molecule has 6 heteroatoms. The largest absolute Gasteiger partial charge is 0.462 e. The van der Waals surface area contributed by atoms with Gasteiger partial charge in [-0.1, -0.05) is 232 Å². The molecule has 0 heterocycles. The molecule has 0 saturated heterocycles. The molecule has 0 N–H and O–H groups in total. The SMILES string of the molecule is CC\C=C/C=C\C=C/C=C\C=C\C=C/CCCCCC(=O)OC(COC(=O)CCCCC/C=C\CCCCCCCC)COC(=O)CCCCCCCCCCC/C=C\C/C=C\C/C=C\CC. The molecule has 0 fully saturated rings. The summed E-state index contributed by atoms with van der Waals surface area (Å²) in [5.74, 6) is -0.977. The number of carbonyl (C=O) groups excluding carboxylic acids is 3. The molecule has 0 amide bonds. The van der Waals surface area contributed by atoms with Gasteiger partial charge in [-0.15, -0.1) is 0 Å². The van der Waals surface area contributed by atoms with E-state index in [0.717, 1.165) is 103 Å². The molecule has 0 aromatic rings. The number of rotatable bonds is 47. The molecule has 0 aliphatic carbocycles. The van der Waals surface area contributed by atoms with Crippen LogP contribution in [-0.2, 0) is 28.6 Å². The lowest BCUT2D eigenvalue weighted by atomic mass is 10.1. The first-order chi connectivity index (χ1) is 33.0. The first-order valence-corrected chi connectivity index (χ1v) is 27.1. The molecule has 6 nitrogen and oxygen atoms in total. The summed E-state index contributed by atoms with van der Waals surface area (Å²) in [4.78, 5) is 38.1.